The summed E-state index contributed by atoms with van der Waals surface area (Å²) in [5, 5.41) is 6.01. The third-order valence-electron chi connectivity index (χ3n) is 4.18. The molecule has 1 heterocycles. The molecule has 1 aromatic carbocycles. The molecule has 1 saturated heterocycles. The lowest BCUT2D eigenvalue weighted by molar-refractivity contribution is -0.107. The van der Waals surface area contributed by atoms with Crippen LogP contribution in [0.15, 0.2) is 36.5 Å². The van der Waals surface area contributed by atoms with Crippen molar-refractivity contribution < 1.29 is 28.2 Å². The van der Waals surface area contributed by atoms with Gasteiger partial charge in [-0.15, -0.1) is 0 Å². The Balaban J connectivity index is 1.97. The number of ether oxygens (including phenoxy) is 1. The van der Waals surface area contributed by atoms with Crippen LogP contribution in [0.3, 0.4) is 0 Å². The van der Waals surface area contributed by atoms with Gasteiger partial charge in [0.1, 0.15) is 24.5 Å². The second kappa shape index (κ2) is 12.6. The van der Waals surface area contributed by atoms with E-state index in [-0.39, 0.29) is 31.2 Å². The van der Waals surface area contributed by atoms with Crippen LogP contribution in [-0.2, 0) is 18.8 Å². The van der Waals surface area contributed by atoms with Crippen molar-refractivity contribution >= 4 is 38.7 Å². The third-order valence-corrected chi connectivity index (χ3v) is 5.64. The zero-order chi connectivity index (χ0) is 21.9. The molecule has 0 aliphatic carbocycles. The van der Waals surface area contributed by atoms with Gasteiger partial charge < -0.3 is 23.9 Å². The van der Waals surface area contributed by atoms with E-state index < -0.39 is 14.8 Å². The van der Waals surface area contributed by atoms with Crippen LogP contribution in [0.4, 0.5) is 4.79 Å². The van der Waals surface area contributed by atoms with Crippen LogP contribution in [0.2, 0.25) is 5.02 Å². The van der Waals surface area contributed by atoms with Crippen LogP contribution >= 0.6 is 20.1 Å². The van der Waals surface area contributed by atoms with E-state index in [1.54, 1.807) is 24.3 Å². The van der Waals surface area contributed by atoms with Gasteiger partial charge in [0, 0.05) is 24.2 Å². The van der Waals surface area contributed by atoms with Crippen LogP contribution in [0.5, 0.6) is 5.75 Å². The molecule has 2 rings (SSSR count). The highest BCUT2D eigenvalue weighted by molar-refractivity contribution is 7.45. The molecule has 2 N–H and O–H groups in total. The summed E-state index contributed by atoms with van der Waals surface area (Å²) in [6, 6.07) is 6.41. The maximum atomic E-state index is 12.1. The second-order valence-electron chi connectivity index (χ2n) is 6.43. The SMILES string of the molecule is CNC(=O)N(/C=C\C=O)C1OC(COP(NCC=O)Oc2ccc(Cl)cc2)CC1C. The summed E-state index contributed by atoms with van der Waals surface area (Å²) in [6.45, 7) is 2.22. The number of rotatable bonds is 11. The van der Waals surface area contributed by atoms with Gasteiger partial charge >= 0.3 is 14.6 Å². The van der Waals surface area contributed by atoms with Crippen molar-refractivity contribution in [2.75, 3.05) is 20.2 Å². The number of hydrogen-bond acceptors (Lipinski definition) is 7. The molecule has 4 unspecified atom stereocenters. The van der Waals surface area contributed by atoms with E-state index in [0.717, 1.165) is 0 Å². The number of carbonyl (C=O) groups excluding carboxylic acids is 3. The zero-order valence-electron chi connectivity index (χ0n) is 16.7. The highest BCUT2D eigenvalue weighted by Gasteiger charge is 2.38. The van der Waals surface area contributed by atoms with Crippen LogP contribution in [0, 0.1) is 5.92 Å². The van der Waals surface area contributed by atoms with E-state index in [9.17, 15) is 14.4 Å². The molecule has 1 fully saturated rings. The number of halogens is 1. The summed E-state index contributed by atoms with van der Waals surface area (Å²) in [6.07, 6.45) is 3.74. The highest BCUT2D eigenvalue weighted by atomic mass is 35.5. The van der Waals surface area contributed by atoms with Gasteiger partial charge in [0.25, 0.3) is 0 Å². The first-order valence-electron chi connectivity index (χ1n) is 9.29. The van der Waals surface area contributed by atoms with E-state index in [1.165, 1.54) is 24.2 Å². The first kappa shape index (κ1) is 24.2. The number of allylic oxidation sites excluding steroid dienone is 1. The van der Waals surface area contributed by atoms with Gasteiger partial charge in [-0.25, -0.2) is 9.88 Å². The Morgan fingerprint density at radius 3 is 2.73 bits per heavy atom. The molecule has 0 spiro atoms. The molecule has 0 radical (unpaired) electrons. The summed E-state index contributed by atoms with van der Waals surface area (Å²) in [5.74, 6) is 0.561. The minimum Gasteiger partial charge on any atom is -0.436 e. The van der Waals surface area contributed by atoms with Gasteiger partial charge in [-0.3, -0.25) is 9.69 Å². The number of nitrogens with one attached hydrogen (secondary N) is 2. The zero-order valence-corrected chi connectivity index (χ0v) is 18.3. The van der Waals surface area contributed by atoms with Crippen LogP contribution < -0.4 is 14.9 Å². The highest BCUT2D eigenvalue weighted by Crippen LogP contribution is 2.37. The van der Waals surface area contributed by atoms with E-state index in [0.29, 0.717) is 29.8 Å². The number of benzene rings is 1. The van der Waals surface area contributed by atoms with Crippen molar-refractivity contribution in [1.82, 2.24) is 15.3 Å². The van der Waals surface area contributed by atoms with Crippen molar-refractivity contribution in [2.24, 2.45) is 5.92 Å². The lowest BCUT2D eigenvalue weighted by atomic mass is 10.1. The van der Waals surface area contributed by atoms with Crippen LogP contribution in [0.1, 0.15) is 13.3 Å². The van der Waals surface area contributed by atoms with Gasteiger partial charge in [0.05, 0.1) is 19.3 Å². The molecule has 9 nitrogen and oxygen atoms in total. The topological polar surface area (TPSA) is 106 Å². The van der Waals surface area contributed by atoms with Crippen molar-refractivity contribution in [1.29, 1.82) is 0 Å². The molecular weight excluding hydrogens is 433 g/mol. The summed E-state index contributed by atoms with van der Waals surface area (Å²) in [5.41, 5.74) is 0. The van der Waals surface area contributed by atoms with Gasteiger partial charge in [-0.2, -0.15) is 0 Å². The predicted molar refractivity (Wildman–Crippen MR) is 113 cm³/mol. The molecule has 1 aromatic rings. The van der Waals surface area contributed by atoms with Gasteiger partial charge in [-0.05, 0) is 36.8 Å². The van der Waals surface area contributed by atoms with Crippen molar-refractivity contribution in [3.05, 3.63) is 41.6 Å². The Bertz CT molecular complexity index is 735. The predicted octanol–water partition coefficient (Wildman–Crippen LogP) is 2.86. The molecule has 0 aromatic heterocycles. The molecule has 2 amide bonds. The fourth-order valence-corrected chi connectivity index (χ4v) is 4.02. The molecule has 30 heavy (non-hydrogen) atoms. The lowest BCUT2D eigenvalue weighted by Crippen LogP contribution is -2.44. The Kier molecular flexibility index (Phi) is 10.2. The van der Waals surface area contributed by atoms with Crippen molar-refractivity contribution in [3.8, 4) is 5.75 Å². The number of aldehydes is 2. The molecule has 0 saturated carbocycles. The molecule has 4 atom stereocenters. The summed E-state index contributed by atoms with van der Waals surface area (Å²) >= 11 is 5.88. The average molecular weight is 458 g/mol. The van der Waals surface area contributed by atoms with Crippen molar-refractivity contribution in [2.45, 2.75) is 25.7 Å². The number of carbonyl (C=O) groups is 3. The summed E-state index contributed by atoms with van der Waals surface area (Å²) in [4.78, 5) is 34.9. The molecular formula is C19H25ClN3O6P. The molecule has 1 aliphatic rings. The van der Waals surface area contributed by atoms with E-state index >= 15 is 0 Å². The normalized spacial score (nSPS) is 21.9. The minimum atomic E-state index is -1.59. The van der Waals surface area contributed by atoms with E-state index in [2.05, 4.69) is 10.4 Å². The standard InChI is InChI=1S/C19H25ClN3O6P/c1-14-12-17(28-18(14)23(9-3-10-24)19(26)21-2)13-27-30(22-8-11-25)29-16-6-4-15(20)5-7-16/h3-7,9-11,14,17-18,22H,8,12-13H2,1-2H3,(H,21,26)/b9-3-. The van der Waals surface area contributed by atoms with Gasteiger partial charge in [0.15, 0.2) is 0 Å². The Morgan fingerprint density at radius 2 is 2.10 bits per heavy atom. The smallest absolute Gasteiger partial charge is 0.323 e. The number of nitrogens with zero attached hydrogens (tertiary/aromatic N) is 1. The summed E-state index contributed by atoms with van der Waals surface area (Å²) in [7, 11) is -0.0906. The fraction of sp³-hybridized carbons (Fsp3) is 0.421. The largest absolute Gasteiger partial charge is 0.436 e. The number of urea groups is 1. The van der Waals surface area contributed by atoms with E-state index in [4.69, 9.17) is 25.4 Å². The Labute approximate surface area is 181 Å². The van der Waals surface area contributed by atoms with Crippen LogP contribution in [0.25, 0.3) is 0 Å². The minimum absolute atomic E-state index is 0.0125. The van der Waals surface area contributed by atoms with Crippen molar-refractivity contribution in [3.63, 3.8) is 0 Å². The fourth-order valence-electron chi connectivity index (χ4n) is 2.85. The lowest BCUT2D eigenvalue weighted by Gasteiger charge is -2.27. The molecule has 11 heteroatoms. The maximum Gasteiger partial charge on any atom is 0.323 e. The second-order valence-corrected chi connectivity index (χ2v) is 8.14. The monoisotopic (exact) mass is 457 g/mol. The number of amides is 2. The number of hydrogen-bond donors (Lipinski definition) is 2. The first-order chi connectivity index (χ1) is 14.5. The van der Waals surface area contributed by atoms with Gasteiger partial charge in [-0.1, -0.05) is 18.5 Å². The molecule has 164 valence electrons. The molecule has 1 aliphatic heterocycles. The average Bonchev–Trinajstić information content (AvgIpc) is 3.11. The Morgan fingerprint density at radius 1 is 1.37 bits per heavy atom. The molecule has 0 bridgehead atoms. The quantitative estimate of drug-likeness (QED) is 0.299. The van der Waals surface area contributed by atoms with E-state index in [1.807, 2.05) is 6.92 Å². The summed E-state index contributed by atoms with van der Waals surface area (Å²) < 4.78 is 17.6. The third kappa shape index (κ3) is 7.34. The maximum absolute atomic E-state index is 12.1. The Hall–Kier alpha value is -2.03. The van der Waals surface area contributed by atoms with Crippen LogP contribution in [-0.4, -0.2) is 56.0 Å². The van der Waals surface area contributed by atoms with Gasteiger partial charge in [0.2, 0.25) is 0 Å². The first-order valence-corrected chi connectivity index (χ1v) is 10.8.